The second-order valence-electron chi connectivity index (χ2n) is 7.40. The third-order valence-electron chi connectivity index (χ3n) is 5.37. The number of rotatable bonds is 4. The van der Waals surface area contributed by atoms with Gasteiger partial charge in [0, 0.05) is 12.6 Å². The molecule has 0 aromatic heterocycles. The van der Waals surface area contributed by atoms with E-state index >= 15 is 0 Å². The zero-order valence-corrected chi connectivity index (χ0v) is 14.3. The van der Waals surface area contributed by atoms with E-state index in [4.69, 9.17) is 0 Å². The highest BCUT2D eigenvalue weighted by Gasteiger charge is 2.31. The molecule has 3 heteroatoms. The number of carbonyl (C=O) groups is 1. The van der Waals surface area contributed by atoms with E-state index in [2.05, 4.69) is 29.3 Å². The van der Waals surface area contributed by atoms with Crippen LogP contribution in [0.25, 0.3) is 0 Å². The molecule has 2 atom stereocenters. The minimum atomic E-state index is -0.124. The molecule has 1 heterocycles. The fourth-order valence-electron chi connectivity index (χ4n) is 4.15. The van der Waals surface area contributed by atoms with Gasteiger partial charge in [0.2, 0.25) is 5.91 Å². The molecule has 0 bridgehead atoms. The molecule has 1 saturated carbocycles. The summed E-state index contributed by atoms with van der Waals surface area (Å²) in [6.07, 6.45) is 8.58. The average Bonchev–Trinajstić information content (AvgIpc) is 2.57. The molecule has 3 nitrogen and oxygen atoms in total. The van der Waals surface area contributed by atoms with Crippen molar-refractivity contribution in [3.63, 3.8) is 0 Å². The molecule has 1 saturated heterocycles. The van der Waals surface area contributed by atoms with Gasteiger partial charge in [0.15, 0.2) is 0 Å². The average molecular weight is 314 g/mol. The fourth-order valence-corrected chi connectivity index (χ4v) is 4.15. The minimum Gasteiger partial charge on any atom is -0.352 e. The summed E-state index contributed by atoms with van der Waals surface area (Å²) in [4.78, 5) is 15.5. The topological polar surface area (TPSA) is 32.3 Å². The maximum Gasteiger partial charge on any atom is 0.242 e. The quantitative estimate of drug-likeness (QED) is 0.914. The van der Waals surface area contributed by atoms with Gasteiger partial charge in [-0.3, -0.25) is 9.69 Å². The van der Waals surface area contributed by atoms with Gasteiger partial charge < -0.3 is 5.32 Å². The Morgan fingerprint density at radius 1 is 1.09 bits per heavy atom. The number of hydrogen-bond acceptors (Lipinski definition) is 2. The third-order valence-corrected chi connectivity index (χ3v) is 5.37. The van der Waals surface area contributed by atoms with E-state index in [1.165, 1.54) is 32.1 Å². The molecule has 1 aliphatic heterocycles. The minimum absolute atomic E-state index is 0.124. The van der Waals surface area contributed by atoms with Crippen molar-refractivity contribution < 1.29 is 4.79 Å². The van der Waals surface area contributed by atoms with Gasteiger partial charge in [-0.2, -0.15) is 0 Å². The van der Waals surface area contributed by atoms with E-state index in [1.807, 2.05) is 18.2 Å². The van der Waals surface area contributed by atoms with Crippen molar-refractivity contribution in [1.82, 2.24) is 10.2 Å². The van der Waals surface area contributed by atoms with Crippen molar-refractivity contribution in [3.8, 4) is 0 Å². The van der Waals surface area contributed by atoms with Crippen LogP contribution < -0.4 is 5.32 Å². The molecule has 0 radical (unpaired) electrons. The van der Waals surface area contributed by atoms with Crippen molar-refractivity contribution in [2.75, 3.05) is 13.1 Å². The second-order valence-corrected chi connectivity index (χ2v) is 7.40. The third kappa shape index (κ3) is 4.35. The molecule has 1 N–H and O–H groups in total. The van der Waals surface area contributed by atoms with Gasteiger partial charge in [0.1, 0.15) is 6.04 Å². The van der Waals surface area contributed by atoms with Gasteiger partial charge >= 0.3 is 0 Å². The first-order chi connectivity index (χ1) is 11.2. The van der Waals surface area contributed by atoms with Crippen LogP contribution in [0.3, 0.4) is 0 Å². The smallest absolute Gasteiger partial charge is 0.242 e. The number of benzene rings is 1. The summed E-state index contributed by atoms with van der Waals surface area (Å²) in [7, 11) is 0. The van der Waals surface area contributed by atoms with Gasteiger partial charge in [-0.15, -0.1) is 0 Å². The van der Waals surface area contributed by atoms with E-state index in [-0.39, 0.29) is 11.9 Å². The first-order valence-corrected chi connectivity index (χ1v) is 9.33. The lowest BCUT2D eigenvalue weighted by Gasteiger charge is -2.37. The van der Waals surface area contributed by atoms with Crippen LogP contribution in [0, 0.1) is 5.92 Å². The summed E-state index contributed by atoms with van der Waals surface area (Å²) in [5, 5.41) is 3.35. The molecule has 3 rings (SSSR count). The van der Waals surface area contributed by atoms with Crippen LogP contribution >= 0.6 is 0 Å². The predicted octanol–water partition coefficient (Wildman–Crippen LogP) is 3.91. The molecule has 2 aliphatic rings. The molecule has 1 aromatic carbocycles. The normalized spacial score (nSPS) is 25.0. The lowest BCUT2D eigenvalue weighted by molar-refractivity contribution is -0.128. The summed E-state index contributed by atoms with van der Waals surface area (Å²) in [5.74, 6) is 0.884. The van der Waals surface area contributed by atoms with Crippen LogP contribution in [0.5, 0.6) is 0 Å². The Kier molecular flexibility index (Phi) is 5.71. The van der Waals surface area contributed by atoms with Gasteiger partial charge in [-0.25, -0.2) is 0 Å². The molecule has 126 valence electrons. The van der Waals surface area contributed by atoms with E-state index in [9.17, 15) is 4.79 Å². The number of amides is 1. The highest BCUT2D eigenvalue weighted by atomic mass is 16.2. The van der Waals surface area contributed by atoms with E-state index in [1.54, 1.807) is 0 Å². The molecule has 0 unspecified atom stereocenters. The van der Waals surface area contributed by atoms with E-state index in [0.29, 0.717) is 12.0 Å². The summed E-state index contributed by atoms with van der Waals surface area (Å²) in [6, 6.07) is 10.6. The van der Waals surface area contributed by atoms with Crippen LogP contribution in [0.15, 0.2) is 30.3 Å². The summed E-state index contributed by atoms with van der Waals surface area (Å²) in [5.41, 5.74) is 1.13. The van der Waals surface area contributed by atoms with Crippen LogP contribution in [0.4, 0.5) is 0 Å². The summed E-state index contributed by atoms with van der Waals surface area (Å²) < 4.78 is 0. The number of likely N-dealkylation sites (tertiary alicyclic amines) is 1. The first kappa shape index (κ1) is 16.5. The molecular weight excluding hydrogens is 284 g/mol. The molecule has 1 amide bonds. The summed E-state index contributed by atoms with van der Waals surface area (Å²) >= 11 is 0. The van der Waals surface area contributed by atoms with E-state index in [0.717, 1.165) is 31.5 Å². The zero-order chi connectivity index (χ0) is 16.1. The number of nitrogens with zero attached hydrogens (tertiary/aromatic N) is 1. The summed E-state index contributed by atoms with van der Waals surface area (Å²) in [6.45, 7) is 4.35. The predicted molar refractivity (Wildman–Crippen MR) is 94.2 cm³/mol. The lowest BCUT2D eigenvalue weighted by atomic mass is 9.93. The van der Waals surface area contributed by atoms with Crippen LogP contribution in [0.2, 0.25) is 0 Å². The Morgan fingerprint density at radius 2 is 1.83 bits per heavy atom. The molecule has 1 aliphatic carbocycles. The maximum absolute atomic E-state index is 13.1. The van der Waals surface area contributed by atoms with Crippen LogP contribution in [-0.2, 0) is 4.79 Å². The Labute approximate surface area is 140 Å². The molecule has 1 aromatic rings. The molecular formula is C20H30N2O. The molecule has 0 spiro atoms. The monoisotopic (exact) mass is 314 g/mol. The largest absolute Gasteiger partial charge is 0.352 e. The van der Waals surface area contributed by atoms with Crippen molar-refractivity contribution in [2.45, 2.75) is 64.0 Å². The number of piperidine rings is 1. The Morgan fingerprint density at radius 3 is 2.52 bits per heavy atom. The Bertz CT molecular complexity index is 496. The van der Waals surface area contributed by atoms with Crippen LogP contribution in [0.1, 0.15) is 63.5 Å². The Balaban J connectivity index is 1.75. The number of nitrogens with one attached hydrogen (secondary N) is 1. The zero-order valence-electron chi connectivity index (χ0n) is 14.3. The standard InChI is InChI=1S/C20H30N2O/c1-16-9-8-14-22(15-16)19(17-10-4-2-5-11-17)20(23)21-18-12-6-3-7-13-18/h2,4-5,10-11,16,18-19H,3,6-9,12-15H2,1H3,(H,21,23)/t16-,19+/m1/s1. The number of hydrogen-bond donors (Lipinski definition) is 1. The Hall–Kier alpha value is -1.35. The van der Waals surface area contributed by atoms with Gasteiger partial charge in [0.25, 0.3) is 0 Å². The SMILES string of the molecule is C[C@@H]1CCCN([C@H](C(=O)NC2CCCCC2)c2ccccc2)C1. The fraction of sp³-hybridized carbons (Fsp3) is 0.650. The van der Waals surface area contributed by atoms with Gasteiger partial charge in [0.05, 0.1) is 0 Å². The second kappa shape index (κ2) is 7.96. The number of carbonyl (C=O) groups excluding carboxylic acids is 1. The lowest BCUT2D eigenvalue weighted by Crippen LogP contribution is -2.47. The molecule has 2 fully saturated rings. The first-order valence-electron chi connectivity index (χ1n) is 9.33. The van der Waals surface area contributed by atoms with Crippen LogP contribution in [-0.4, -0.2) is 29.9 Å². The van der Waals surface area contributed by atoms with E-state index < -0.39 is 0 Å². The highest BCUT2D eigenvalue weighted by molar-refractivity contribution is 5.83. The van der Waals surface area contributed by atoms with Gasteiger partial charge in [-0.05, 0) is 43.7 Å². The van der Waals surface area contributed by atoms with Crippen molar-refractivity contribution in [1.29, 1.82) is 0 Å². The highest BCUT2D eigenvalue weighted by Crippen LogP contribution is 2.28. The van der Waals surface area contributed by atoms with Crippen molar-refractivity contribution in [2.24, 2.45) is 5.92 Å². The molecule has 23 heavy (non-hydrogen) atoms. The van der Waals surface area contributed by atoms with Crippen molar-refractivity contribution >= 4 is 5.91 Å². The van der Waals surface area contributed by atoms with Gasteiger partial charge in [-0.1, -0.05) is 56.5 Å². The maximum atomic E-state index is 13.1. The van der Waals surface area contributed by atoms with Crippen molar-refractivity contribution in [3.05, 3.63) is 35.9 Å².